The third-order valence-corrected chi connectivity index (χ3v) is 7.58. The molecule has 6 heteroatoms. The van der Waals surface area contributed by atoms with E-state index in [1.54, 1.807) is 13.3 Å². The van der Waals surface area contributed by atoms with E-state index < -0.39 is 5.97 Å². The molecule has 0 spiro atoms. The molecular weight excluding hydrogens is 412 g/mol. The van der Waals surface area contributed by atoms with Gasteiger partial charge in [0, 0.05) is 24.2 Å². The quantitative estimate of drug-likeness (QED) is 0.576. The van der Waals surface area contributed by atoms with Crippen LogP contribution in [0.1, 0.15) is 56.9 Å². The highest BCUT2D eigenvalue weighted by Gasteiger charge is 2.33. The number of carboxylic acid groups (broad SMARTS) is 1. The second-order valence-electron chi connectivity index (χ2n) is 9.22. The van der Waals surface area contributed by atoms with Crippen LogP contribution in [0.2, 0.25) is 5.02 Å². The van der Waals surface area contributed by atoms with E-state index in [0.29, 0.717) is 11.1 Å². The summed E-state index contributed by atoms with van der Waals surface area (Å²) in [6.07, 6.45) is 11.5. The monoisotopic (exact) mass is 444 g/mol. The highest BCUT2D eigenvalue weighted by Crippen LogP contribution is 2.33. The average Bonchev–Trinajstić information content (AvgIpc) is 3.29. The van der Waals surface area contributed by atoms with Crippen LogP contribution in [0.5, 0.6) is 5.75 Å². The summed E-state index contributed by atoms with van der Waals surface area (Å²) in [7, 11) is 1.67. The number of likely N-dealkylation sites (tertiary alicyclic amines) is 1. The van der Waals surface area contributed by atoms with E-state index in [1.807, 2.05) is 18.2 Å². The number of halogens is 1. The zero-order chi connectivity index (χ0) is 21.8. The summed E-state index contributed by atoms with van der Waals surface area (Å²) in [6.45, 7) is 2.04. The average molecular weight is 445 g/mol. The van der Waals surface area contributed by atoms with Gasteiger partial charge in [-0.05, 0) is 81.2 Å². The lowest BCUT2D eigenvalue weighted by Gasteiger charge is -2.39. The van der Waals surface area contributed by atoms with Gasteiger partial charge >= 0.3 is 5.97 Å². The second-order valence-corrected chi connectivity index (χ2v) is 9.63. The molecule has 2 aromatic rings. The Kier molecular flexibility index (Phi) is 7.34. The molecule has 2 unspecified atom stereocenters. The molecule has 1 saturated heterocycles. The Labute approximate surface area is 189 Å². The topological polar surface area (TPSA) is 62.7 Å². The maximum absolute atomic E-state index is 11.6. The number of aryl methyl sites for hydroxylation is 1. The van der Waals surface area contributed by atoms with Crippen molar-refractivity contribution in [2.45, 2.75) is 63.8 Å². The minimum Gasteiger partial charge on any atom is -0.497 e. The maximum Gasteiger partial charge on any atom is 0.306 e. The van der Waals surface area contributed by atoms with Gasteiger partial charge in [0.2, 0.25) is 0 Å². The lowest BCUT2D eigenvalue weighted by molar-refractivity contribution is -0.144. The van der Waals surface area contributed by atoms with E-state index in [0.717, 1.165) is 73.3 Å². The van der Waals surface area contributed by atoms with Gasteiger partial charge < -0.3 is 14.7 Å². The maximum atomic E-state index is 11.6. The second kappa shape index (κ2) is 10.2. The number of carbonyl (C=O) groups is 1. The van der Waals surface area contributed by atoms with E-state index in [9.17, 15) is 9.90 Å². The van der Waals surface area contributed by atoms with Gasteiger partial charge in [-0.2, -0.15) is 0 Å². The molecule has 2 atom stereocenters. The molecule has 2 aliphatic rings. The summed E-state index contributed by atoms with van der Waals surface area (Å²) in [5, 5.41) is 11.3. The van der Waals surface area contributed by atoms with Crippen LogP contribution in [0, 0.1) is 11.8 Å². The Morgan fingerprint density at radius 3 is 2.84 bits per heavy atom. The van der Waals surface area contributed by atoms with E-state index in [2.05, 4.69) is 9.88 Å². The standard InChI is InChI=1S/C25H33ClN2O3/c1-31-20-9-10-24-22(14-20)21(23(26)15-27-24)8-4-7-19-13-18(25(29)30)11-12-28(19)16-17-5-2-3-6-17/h9-10,14-15,17-19H,2-8,11-13,16H2,1H3,(H,29,30). The van der Waals surface area contributed by atoms with Crippen LogP contribution in [-0.4, -0.2) is 47.2 Å². The normalized spacial score (nSPS) is 22.8. The van der Waals surface area contributed by atoms with Crippen LogP contribution in [-0.2, 0) is 11.2 Å². The van der Waals surface area contributed by atoms with Crippen LogP contribution >= 0.6 is 11.6 Å². The van der Waals surface area contributed by atoms with Crippen molar-refractivity contribution in [3.05, 3.63) is 35.0 Å². The highest BCUT2D eigenvalue weighted by molar-refractivity contribution is 6.32. The van der Waals surface area contributed by atoms with Crippen molar-refractivity contribution in [3.63, 3.8) is 0 Å². The first-order chi connectivity index (χ1) is 15.0. The van der Waals surface area contributed by atoms with Gasteiger partial charge in [0.25, 0.3) is 0 Å². The molecule has 5 nitrogen and oxygen atoms in total. The number of aliphatic carboxylic acids is 1. The lowest BCUT2D eigenvalue weighted by Crippen LogP contribution is -2.46. The number of piperidine rings is 1. The van der Waals surface area contributed by atoms with E-state index in [1.165, 1.54) is 25.7 Å². The summed E-state index contributed by atoms with van der Waals surface area (Å²) in [4.78, 5) is 18.7. The van der Waals surface area contributed by atoms with Gasteiger partial charge in [-0.1, -0.05) is 24.4 Å². The van der Waals surface area contributed by atoms with Crippen molar-refractivity contribution in [3.8, 4) is 5.75 Å². The fourth-order valence-corrected chi connectivity index (χ4v) is 5.73. The molecule has 1 saturated carbocycles. The smallest absolute Gasteiger partial charge is 0.306 e. The number of aromatic nitrogens is 1. The Balaban J connectivity index is 1.45. The SMILES string of the molecule is COc1ccc2ncc(Cl)c(CCCC3CC(C(=O)O)CCN3CC3CCCC3)c2c1. The molecule has 1 aliphatic heterocycles. The van der Waals surface area contributed by atoms with Gasteiger partial charge in [-0.15, -0.1) is 0 Å². The van der Waals surface area contributed by atoms with Crippen LogP contribution in [0.4, 0.5) is 0 Å². The van der Waals surface area contributed by atoms with E-state index in [4.69, 9.17) is 16.3 Å². The predicted octanol–water partition coefficient (Wildman–Crippen LogP) is 5.57. The fourth-order valence-electron chi connectivity index (χ4n) is 5.49. The molecular formula is C25H33ClN2O3. The first kappa shape index (κ1) is 22.3. The number of nitrogens with zero attached hydrogens (tertiary/aromatic N) is 2. The number of pyridine rings is 1. The zero-order valence-electron chi connectivity index (χ0n) is 18.4. The van der Waals surface area contributed by atoms with Crippen LogP contribution < -0.4 is 4.74 Å². The summed E-state index contributed by atoms with van der Waals surface area (Å²) in [5.74, 6) is 0.743. The molecule has 31 heavy (non-hydrogen) atoms. The number of carboxylic acids is 1. The molecule has 168 valence electrons. The summed E-state index contributed by atoms with van der Waals surface area (Å²) in [6, 6.07) is 6.24. The first-order valence-corrected chi connectivity index (χ1v) is 12.0. The minimum absolute atomic E-state index is 0.209. The molecule has 1 aromatic carbocycles. The zero-order valence-corrected chi connectivity index (χ0v) is 19.1. The van der Waals surface area contributed by atoms with Crippen molar-refractivity contribution in [1.82, 2.24) is 9.88 Å². The van der Waals surface area contributed by atoms with Gasteiger partial charge in [0.1, 0.15) is 5.75 Å². The summed E-state index contributed by atoms with van der Waals surface area (Å²) < 4.78 is 5.40. The molecule has 4 rings (SSSR count). The van der Waals surface area contributed by atoms with Crippen molar-refractivity contribution in [1.29, 1.82) is 0 Å². The first-order valence-electron chi connectivity index (χ1n) is 11.6. The third kappa shape index (κ3) is 5.32. The highest BCUT2D eigenvalue weighted by atomic mass is 35.5. The van der Waals surface area contributed by atoms with Crippen molar-refractivity contribution in [2.24, 2.45) is 11.8 Å². The molecule has 1 aromatic heterocycles. The third-order valence-electron chi connectivity index (χ3n) is 7.25. The molecule has 1 N–H and O–H groups in total. The number of methoxy groups -OCH3 is 1. The summed E-state index contributed by atoms with van der Waals surface area (Å²) in [5.41, 5.74) is 2.03. The number of benzene rings is 1. The lowest BCUT2D eigenvalue weighted by atomic mass is 9.87. The molecule has 0 amide bonds. The Morgan fingerprint density at radius 2 is 2.10 bits per heavy atom. The van der Waals surface area contributed by atoms with Crippen LogP contribution in [0.3, 0.4) is 0 Å². The van der Waals surface area contributed by atoms with Gasteiger partial charge in [-0.3, -0.25) is 9.78 Å². The minimum atomic E-state index is -0.638. The van der Waals surface area contributed by atoms with Gasteiger partial charge in [-0.25, -0.2) is 0 Å². The van der Waals surface area contributed by atoms with Crippen molar-refractivity contribution >= 4 is 28.5 Å². The molecule has 0 bridgehead atoms. The van der Waals surface area contributed by atoms with Gasteiger partial charge in [0.15, 0.2) is 0 Å². The Bertz CT molecular complexity index is 913. The number of hydrogen-bond acceptors (Lipinski definition) is 4. The number of fused-ring (bicyclic) bond motifs is 1. The van der Waals surface area contributed by atoms with Crippen molar-refractivity contribution < 1.29 is 14.6 Å². The number of hydrogen-bond donors (Lipinski definition) is 1. The van der Waals surface area contributed by atoms with Crippen molar-refractivity contribution in [2.75, 3.05) is 20.2 Å². The largest absolute Gasteiger partial charge is 0.497 e. The summed E-state index contributed by atoms with van der Waals surface area (Å²) >= 11 is 6.54. The van der Waals surface area contributed by atoms with Crippen LogP contribution in [0.15, 0.2) is 24.4 Å². The molecule has 2 heterocycles. The Hall–Kier alpha value is -1.85. The predicted molar refractivity (Wildman–Crippen MR) is 124 cm³/mol. The van der Waals surface area contributed by atoms with E-state index >= 15 is 0 Å². The molecule has 0 radical (unpaired) electrons. The van der Waals surface area contributed by atoms with Gasteiger partial charge in [0.05, 0.1) is 23.6 Å². The fraction of sp³-hybridized carbons (Fsp3) is 0.600. The van der Waals surface area contributed by atoms with Crippen LogP contribution in [0.25, 0.3) is 10.9 Å². The van der Waals surface area contributed by atoms with E-state index in [-0.39, 0.29) is 5.92 Å². The number of rotatable bonds is 8. The number of ether oxygens (including phenoxy) is 1. The molecule has 2 fully saturated rings. The molecule has 1 aliphatic carbocycles. The Morgan fingerprint density at radius 1 is 1.29 bits per heavy atom.